The van der Waals surface area contributed by atoms with Gasteiger partial charge in [-0.2, -0.15) is 0 Å². The van der Waals surface area contributed by atoms with E-state index < -0.39 is 0 Å². The number of carbonyl (C=O) groups is 2. The molecule has 0 saturated carbocycles. The lowest BCUT2D eigenvalue weighted by Gasteiger charge is -2.31. The highest BCUT2D eigenvalue weighted by atomic mass is 16.2. The van der Waals surface area contributed by atoms with Crippen molar-refractivity contribution in [3.05, 3.63) is 23.3 Å². The summed E-state index contributed by atoms with van der Waals surface area (Å²) in [5.41, 5.74) is 2.14. The molecule has 7 nitrogen and oxygen atoms in total. The summed E-state index contributed by atoms with van der Waals surface area (Å²) in [5, 5.41) is 3.41. The van der Waals surface area contributed by atoms with Crippen LogP contribution in [0.1, 0.15) is 49.2 Å². The van der Waals surface area contributed by atoms with Gasteiger partial charge in [0.25, 0.3) is 0 Å². The Balaban J connectivity index is 1.43. The highest BCUT2D eigenvalue weighted by Gasteiger charge is 2.36. The van der Waals surface area contributed by atoms with Gasteiger partial charge >= 0.3 is 0 Å². The van der Waals surface area contributed by atoms with E-state index in [4.69, 9.17) is 4.98 Å². The van der Waals surface area contributed by atoms with Crippen molar-refractivity contribution >= 4 is 11.8 Å². The number of likely N-dealkylation sites (tertiary alicyclic amines) is 1. The van der Waals surface area contributed by atoms with Crippen LogP contribution >= 0.6 is 0 Å². The van der Waals surface area contributed by atoms with Crippen molar-refractivity contribution in [3.63, 3.8) is 0 Å². The predicted molar refractivity (Wildman–Crippen MR) is 96.4 cm³/mol. The van der Waals surface area contributed by atoms with Crippen molar-refractivity contribution in [1.29, 1.82) is 0 Å². The lowest BCUT2D eigenvalue weighted by Crippen LogP contribution is -2.41. The van der Waals surface area contributed by atoms with Gasteiger partial charge in [0.15, 0.2) is 0 Å². The Morgan fingerprint density at radius 1 is 1.42 bits per heavy atom. The molecule has 26 heavy (non-hydrogen) atoms. The first kappa shape index (κ1) is 17.4. The molecule has 2 fully saturated rings. The second-order valence-electron chi connectivity index (χ2n) is 7.59. The molecule has 4 heterocycles. The molecule has 3 aliphatic rings. The third kappa shape index (κ3) is 3.32. The van der Waals surface area contributed by atoms with Crippen molar-refractivity contribution in [1.82, 2.24) is 25.1 Å². The van der Waals surface area contributed by atoms with Gasteiger partial charge in [0, 0.05) is 63.2 Å². The molecule has 1 aromatic rings. The van der Waals surface area contributed by atoms with Crippen LogP contribution in [0.2, 0.25) is 0 Å². The molecule has 0 bridgehead atoms. The van der Waals surface area contributed by atoms with Crippen LogP contribution in [-0.4, -0.2) is 64.3 Å². The fraction of sp³-hybridized carbons (Fsp3) is 0.684. The molecule has 4 rings (SSSR count). The Morgan fingerprint density at radius 2 is 2.31 bits per heavy atom. The molecule has 1 N–H and O–H groups in total. The normalized spacial score (nSPS) is 26.1. The SMILES string of the molecule is CCN1C[C@H](C(=O)N2CCc3nc([C@@H]4CCCNC4)ncc3C2)CC1=O. The fourth-order valence-corrected chi connectivity index (χ4v) is 4.29. The molecule has 0 spiro atoms. The molecule has 1 aromatic heterocycles. The number of hydrogen-bond acceptors (Lipinski definition) is 5. The number of nitrogens with one attached hydrogen (secondary N) is 1. The van der Waals surface area contributed by atoms with E-state index in [2.05, 4.69) is 10.3 Å². The molecular weight excluding hydrogens is 330 g/mol. The highest BCUT2D eigenvalue weighted by Crippen LogP contribution is 2.26. The van der Waals surface area contributed by atoms with Gasteiger partial charge in [0.1, 0.15) is 5.82 Å². The summed E-state index contributed by atoms with van der Waals surface area (Å²) in [4.78, 5) is 37.8. The Hall–Kier alpha value is -2.02. The lowest BCUT2D eigenvalue weighted by atomic mass is 9.97. The molecule has 140 valence electrons. The van der Waals surface area contributed by atoms with E-state index in [0.717, 1.165) is 43.0 Å². The van der Waals surface area contributed by atoms with Crippen molar-refractivity contribution in [2.45, 2.75) is 45.1 Å². The molecule has 2 amide bonds. The van der Waals surface area contributed by atoms with E-state index in [9.17, 15) is 9.59 Å². The number of carbonyl (C=O) groups excluding carboxylic acids is 2. The lowest BCUT2D eigenvalue weighted by molar-refractivity contribution is -0.136. The molecule has 0 aliphatic carbocycles. The zero-order chi connectivity index (χ0) is 18.1. The molecule has 2 atom stereocenters. The standard InChI is InChI=1S/C19H27N5O2/c1-2-23-11-14(8-17(23)25)19(26)24-7-5-16-15(12-24)10-21-18(22-16)13-4-3-6-20-9-13/h10,13-14,20H,2-9,11-12H2,1H3/t13-,14-/m1/s1. The number of amides is 2. The second-order valence-corrected chi connectivity index (χ2v) is 7.59. The van der Waals surface area contributed by atoms with Crippen LogP contribution in [0.5, 0.6) is 0 Å². The van der Waals surface area contributed by atoms with E-state index in [1.54, 1.807) is 4.90 Å². The summed E-state index contributed by atoms with van der Waals surface area (Å²) in [6, 6.07) is 0. The van der Waals surface area contributed by atoms with Crippen LogP contribution in [0.25, 0.3) is 0 Å². The van der Waals surface area contributed by atoms with Gasteiger partial charge in [-0.3, -0.25) is 9.59 Å². The molecule has 2 saturated heterocycles. The van der Waals surface area contributed by atoms with Crippen LogP contribution in [0.3, 0.4) is 0 Å². The zero-order valence-corrected chi connectivity index (χ0v) is 15.4. The molecule has 7 heteroatoms. The summed E-state index contributed by atoms with van der Waals surface area (Å²) >= 11 is 0. The van der Waals surface area contributed by atoms with Gasteiger partial charge in [0.05, 0.1) is 11.6 Å². The summed E-state index contributed by atoms with van der Waals surface area (Å²) in [7, 11) is 0. The zero-order valence-electron chi connectivity index (χ0n) is 15.4. The summed E-state index contributed by atoms with van der Waals surface area (Å²) in [6.07, 6.45) is 5.33. The van der Waals surface area contributed by atoms with Crippen molar-refractivity contribution in [3.8, 4) is 0 Å². The third-order valence-corrected chi connectivity index (χ3v) is 5.87. The van der Waals surface area contributed by atoms with Crippen LogP contribution in [0, 0.1) is 5.92 Å². The first-order valence-corrected chi connectivity index (χ1v) is 9.77. The van der Waals surface area contributed by atoms with E-state index >= 15 is 0 Å². The van der Waals surface area contributed by atoms with Crippen molar-refractivity contribution in [2.75, 3.05) is 32.7 Å². The van der Waals surface area contributed by atoms with E-state index in [-0.39, 0.29) is 17.7 Å². The summed E-state index contributed by atoms with van der Waals surface area (Å²) < 4.78 is 0. The second kappa shape index (κ2) is 7.31. The topological polar surface area (TPSA) is 78.4 Å². The van der Waals surface area contributed by atoms with Gasteiger partial charge in [-0.15, -0.1) is 0 Å². The average Bonchev–Trinajstić information content (AvgIpc) is 3.08. The largest absolute Gasteiger partial charge is 0.342 e. The van der Waals surface area contributed by atoms with Crippen molar-refractivity contribution < 1.29 is 9.59 Å². The molecule has 0 aromatic carbocycles. The molecule has 0 unspecified atom stereocenters. The fourth-order valence-electron chi connectivity index (χ4n) is 4.29. The Morgan fingerprint density at radius 3 is 3.04 bits per heavy atom. The molecular formula is C19H27N5O2. The molecule has 3 aliphatic heterocycles. The Kier molecular flexibility index (Phi) is 4.89. The van der Waals surface area contributed by atoms with Gasteiger partial charge in [-0.1, -0.05) is 0 Å². The third-order valence-electron chi connectivity index (χ3n) is 5.87. The summed E-state index contributed by atoms with van der Waals surface area (Å²) in [6.45, 7) is 6.47. The van der Waals surface area contributed by atoms with Gasteiger partial charge < -0.3 is 15.1 Å². The van der Waals surface area contributed by atoms with Gasteiger partial charge in [0.2, 0.25) is 11.8 Å². The highest BCUT2D eigenvalue weighted by molar-refractivity contribution is 5.89. The minimum absolute atomic E-state index is 0.0947. The maximum absolute atomic E-state index is 12.8. The number of piperidine rings is 1. The van der Waals surface area contributed by atoms with Crippen LogP contribution in [0.15, 0.2) is 6.20 Å². The number of aromatic nitrogens is 2. The average molecular weight is 357 g/mol. The summed E-state index contributed by atoms with van der Waals surface area (Å²) in [5.74, 6) is 1.34. The van der Waals surface area contributed by atoms with E-state index in [1.807, 2.05) is 18.0 Å². The van der Waals surface area contributed by atoms with E-state index in [1.165, 1.54) is 6.42 Å². The van der Waals surface area contributed by atoms with E-state index in [0.29, 0.717) is 38.5 Å². The predicted octanol–water partition coefficient (Wildman–Crippen LogP) is 0.697. The first-order valence-electron chi connectivity index (χ1n) is 9.77. The maximum Gasteiger partial charge on any atom is 0.228 e. The number of rotatable bonds is 3. The van der Waals surface area contributed by atoms with Crippen LogP contribution in [0.4, 0.5) is 0 Å². The molecule has 0 radical (unpaired) electrons. The smallest absolute Gasteiger partial charge is 0.228 e. The quantitative estimate of drug-likeness (QED) is 0.861. The van der Waals surface area contributed by atoms with Crippen LogP contribution < -0.4 is 5.32 Å². The number of hydrogen-bond donors (Lipinski definition) is 1. The minimum Gasteiger partial charge on any atom is -0.342 e. The Labute approximate surface area is 154 Å². The number of fused-ring (bicyclic) bond motifs is 1. The minimum atomic E-state index is -0.197. The van der Waals surface area contributed by atoms with Gasteiger partial charge in [-0.25, -0.2) is 9.97 Å². The number of nitrogens with zero attached hydrogens (tertiary/aromatic N) is 4. The van der Waals surface area contributed by atoms with Crippen LogP contribution in [-0.2, 0) is 22.6 Å². The first-order chi connectivity index (χ1) is 12.7. The monoisotopic (exact) mass is 357 g/mol. The van der Waals surface area contributed by atoms with Gasteiger partial charge in [-0.05, 0) is 26.3 Å². The maximum atomic E-state index is 12.8. The van der Waals surface area contributed by atoms with Crippen molar-refractivity contribution in [2.24, 2.45) is 5.92 Å². The Bertz CT molecular complexity index is 701.